The summed E-state index contributed by atoms with van der Waals surface area (Å²) in [6.45, 7) is -0.937. The summed E-state index contributed by atoms with van der Waals surface area (Å²) in [6.07, 6.45) is -4.19. The van der Waals surface area contributed by atoms with Gasteiger partial charge in [-0.2, -0.15) is 0 Å². The molecule has 4 nitrogen and oxygen atoms in total. The van der Waals surface area contributed by atoms with E-state index in [1.165, 1.54) is 6.07 Å². The molecule has 23 heavy (non-hydrogen) atoms. The Morgan fingerprint density at radius 1 is 1.17 bits per heavy atom. The number of carbonyl (C=O) groups excluding carboxylic acids is 1. The van der Waals surface area contributed by atoms with Crippen LogP contribution in [-0.4, -0.2) is 24.0 Å². The number of benzene rings is 2. The summed E-state index contributed by atoms with van der Waals surface area (Å²) >= 11 is 0. The molecule has 7 heteroatoms. The second kappa shape index (κ2) is 7.64. The Hall–Kier alpha value is -2.54. The molecule has 0 heterocycles. The van der Waals surface area contributed by atoms with E-state index in [4.69, 9.17) is 4.74 Å². The maximum Gasteiger partial charge on any atom is 0.272 e. The summed E-state index contributed by atoms with van der Waals surface area (Å²) < 4.78 is 42.4. The van der Waals surface area contributed by atoms with Gasteiger partial charge < -0.3 is 15.2 Å². The molecule has 1 atom stereocenters. The fraction of sp³-hybridized carbons (Fsp3) is 0.188. The number of amides is 1. The van der Waals surface area contributed by atoms with E-state index in [0.29, 0.717) is 5.56 Å². The van der Waals surface area contributed by atoms with Crippen LogP contribution >= 0.6 is 0 Å². The average molecular weight is 325 g/mol. The lowest BCUT2D eigenvalue weighted by molar-refractivity contribution is -0.124. The molecule has 0 fully saturated rings. The minimum Gasteiger partial charge on any atom is -0.485 e. The summed E-state index contributed by atoms with van der Waals surface area (Å²) in [7, 11) is 0. The number of anilines is 1. The quantitative estimate of drug-likeness (QED) is 0.858. The molecule has 0 spiro atoms. The van der Waals surface area contributed by atoms with Crippen molar-refractivity contribution in [1.82, 2.24) is 0 Å². The Labute approximate surface area is 130 Å². The molecule has 0 aliphatic rings. The van der Waals surface area contributed by atoms with Gasteiger partial charge in [-0.05, 0) is 17.7 Å². The van der Waals surface area contributed by atoms with Crippen molar-refractivity contribution in [2.24, 2.45) is 0 Å². The molecule has 1 amide bonds. The predicted octanol–water partition coefficient (Wildman–Crippen LogP) is 3.14. The zero-order valence-electron chi connectivity index (χ0n) is 11.9. The molecular weight excluding hydrogens is 311 g/mol. The van der Waals surface area contributed by atoms with Gasteiger partial charge in [-0.1, -0.05) is 30.3 Å². The Bertz CT molecular complexity index is 665. The number of aliphatic hydroxyl groups excluding tert-OH is 1. The van der Waals surface area contributed by atoms with Crippen LogP contribution in [0.3, 0.4) is 0 Å². The number of carbonyl (C=O) groups is 1. The molecule has 0 bridgehead atoms. The first-order valence-corrected chi connectivity index (χ1v) is 6.71. The van der Waals surface area contributed by atoms with Crippen LogP contribution in [-0.2, 0) is 4.79 Å². The lowest BCUT2D eigenvalue weighted by Crippen LogP contribution is -2.21. The lowest BCUT2D eigenvalue weighted by Gasteiger charge is -2.15. The van der Waals surface area contributed by atoms with Gasteiger partial charge in [0.2, 0.25) is 0 Å². The number of ether oxygens (including phenoxy) is 1. The van der Waals surface area contributed by atoms with Crippen molar-refractivity contribution in [3.8, 4) is 5.75 Å². The van der Waals surface area contributed by atoms with Gasteiger partial charge in [0.15, 0.2) is 6.10 Å². The van der Waals surface area contributed by atoms with Crippen LogP contribution in [0.25, 0.3) is 0 Å². The molecule has 0 saturated heterocycles. The molecule has 2 rings (SSSR count). The third kappa shape index (κ3) is 4.72. The molecule has 0 aliphatic carbocycles. The molecular formula is C16H14F3NO3. The van der Waals surface area contributed by atoms with E-state index in [9.17, 15) is 23.1 Å². The smallest absolute Gasteiger partial charge is 0.272 e. The standard InChI is InChI=1S/C16H14F3NO3/c17-11-6-7-12(13(8-11)23-9-14(18)19)20-16(22)15(21)10-4-2-1-3-5-10/h1-8,14-15,21H,9H2,(H,20,22). The number of halogens is 3. The van der Waals surface area contributed by atoms with Crippen LogP contribution in [0.4, 0.5) is 18.9 Å². The first-order chi connectivity index (χ1) is 11.0. The first kappa shape index (κ1) is 16.8. The summed E-state index contributed by atoms with van der Waals surface area (Å²) in [5, 5.41) is 12.3. The van der Waals surface area contributed by atoms with E-state index in [1.54, 1.807) is 30.3 Å². The number of hydrogen-bond acceptors (Lipinski definition) is 3. The van der Waals surface area contributed by atoms with Crippen LogP contribution in [0, 0.1) is 5.82 Å². The molecule has 0 aromatic heterocycles. The van der Waals surface area contributed by atoms with Crippen LogP contribution < -0.4 is 10.1 Å². The van der Waals surface area contributed by atoms with Crippen LogP contribution in [0.5, 0.6) is 5.75 Å². The highest BCUT2D eigenvalue weighted by Gasteiger charge is 2.19. The second-order valence-electron chi connectivity index (χ2n) is 4.65. The number of hydrogen-bond donors (Lipinski definition) is 2. The second-order valence-corrected chi connectivity index (χ2v) is 4.65. The fourth-order valence-corrected chi connectivity index (χ4v) is 1.86. The van der Waals surface area contributed by atoms with Gasteiger partial charge in [0.25, 0.3) is 12.3 Å². The van der Waals surface area contributed by atoms with E-state index in [-0.39, 0.29) is 11.4 Å². The van der Waals surface area contributed by atoms with Crippen molar-refractivity contribution in [3.05, 3.63) is 59.9 Å². The van der Waals surface area contributed by atoms with Crippen molar-refractivity contribution in [2.45, 2.75) is 12.5 Å². The van der Waals surface area contributed by atoms with Crippen molar-refractivity contribution in [3.63, 3.8) is 0 Å². The van der Waals surface area contributed by atoms with Gasteiger partial charge in [0.1, 0.15) is 18.2 Å². The molecule has 2 aromatic rings. The minimum atomic E-state index is -2.74. The van der Waals surface area contributed by atoms with E-state index >= 15 is 0 Å². The van der Waals surface area contributed by atoms with E-state index in [2.05, 4.69) is 5.32 Å². The monoisotopic (exact) mass is 325 g/mol. The van der Waals surface area contributed by atoms with Crippen molar-refractivity contribution < 1.29 is 27.8 Å². The van der Waals surface area contributed by atoms with Gasteiger partial charge >= 0.3 is 0 Å². The summed E-state index contributed by atoms with van der Waals surface area (Å²) in [4.78, 5) is 12.0. The Kier molecular flexibility index (Phi) is 5.59. The number of rotatable bonds is 6. The summed E-state index contributed by atoms with van der Waals surface area (Å²) in [6, 6.07) is 11.2. The van der Waals surface area contributed by atoms with Gasteiger partial charge in [0.05, 0.1) is 5.69 Å². The van der Waals surface area contributed by atoms with Crippen LogP contribution in [0.1, 0.15) is 11.7 Å². The molecule has 1 unspecified atom stereocenters. The van der Waals surface area contributed by atoms with Gasteiger partial charge in [-0.3, -0.25) is 4.79 Å². The Morgan fingerprint density at radius 2 is 1.87 bits per heavy atom. The molecule has 122 valence electrons. The van der Waals surface area contributed by atoms with E-state index in [1.807, 2.05) is 0 Å². The number of alkyl halides is 2. The normalized spacial score (nSPS) is 12.0. The zero-order valence-corrected chi connectivity index (χ0v) is 11.9. The highest BCUT2D eigenvalue weighted by atomic mass is 19.3. The van der Waals surface area contributed by atoms with Crippen molar-refractivity contribution in [2.75, 3.05) is 11.9 Å². The molecule has 2 N–H and O–H groups in total. The van der Waals surface area contributed by atoms with Crippen molar-refractivity contribution >= 4 is 11.6 Å². The molecule has 0 saturated carbocycles. The predicted molar refractivity (Wildman–Crippen MR) is 77.9 cm³/mol. The lowest BCUT2D eigenvalue weighted by atomic mass is 10.1. The van der Waals surface area contributed by atoms with Gasteiger partial charge in [0, 0.05) is 6.07 Å². The zero-order chi connectivity index (χ0) is 16.8. The third-order valence-corrected chi connectivity index (χ3v) is 2.93. The first-order valence-electron chi connectivity index (χ1n) is 6.71. The van der Waals surface area contributed by atoms with Gasteiger partial charge in [-0.25, -0.2) is 13.2 Å². The topological polar surface area (TPSA) is 58.6 Å². The third-order valence-electron chi connectivity index (χ3n) is 2.93. The van der Waals surface area contributed by atoms with Crippen LogP contribution in [0.2, 0.25) is 0 Å². The average Bonchev–Trinajstić information content (AvgIpc) is 2.55. The molecule has 2 aromatic carbocycles. The fourth-order valence-electron chi connectivity index (χ4n) is 1.86. The number of nitrogens with one attached hydrogen (secondary N) is 1. The minimum absolute atomic E-state index is 0.00738. The van der Waals surface area contributed by atoms with E-state index < -0.39 is 30.9 Å². The molecule has 0 aliphatic heterocycles. The largest absolute Gasteiger partial charge is 0.485 e. The summed E-state index contributed by atoms with van der Waals surface area (Å²) in [5.41, 5.74) is 0.356. The van der Waals surface area contributed by atoms with E-state index in [0.717, 1.165) is 12.1 Å². The molecule has 0 radical (unpaired) electrons. The Balaban J connectivity index is 2.14. The van der Waals surface area contributed by atoms with Crippen LogP contribution in [0.15, 0.2) is 48.5 Å². The SMILES string of the molecule is O=C(Nc1ccc(F)cc1OCC(F)F)C(O)c1ccccc1. The van der Waals surface area contributed by atoms with Gasteiger partial charge in [-0.15, -0.1) is 0 Å². The maximum atomic E-state index is 13.2. The highest BCUT2D eigenvalue weighted by Crippen LogP contribution is 2.27. The Morgan fingerprint density at radius 3 is 2.52 bits per heavy atom. The van der Waals surface area contributed by atoms with Crippen molar-refractivity contribution in [1.29, 1.82) is 0 Å². The summed E-state index contributed by atoms with van der Waals surface area (Å²) in [5.74, 6) is -1.72. The maximum absolute atomic E-state index is 13.2. The number of aliphatic hydroxyl groups is 1. The highest BCUT2D eigenvalue weighted by molar-refractivity contribution is 5.95.